The van der Waals surface area contributed by atoms with E-state index in [0.717, 1.165) is 25.1 Å². The molecule has 0 bridgehead atoms. The lowest BCUT2D eigenvalue weighted by molar-refractivity contribution is -0.130. The van der Waals surface area contributed by atoms with Crippen LogP contribution in [0.15, 0.2) is 16.8 Å². The van der Waals surface area contributed by atoms with Crippen LogP contribution in [0.3, 0.4) is 0 Å². The Balaban J connectivity index is 1.60. The Bertz CT molecular complexity index is 531. The van der Waals surface area contributed by atoms with Gasteiger partial charge in [-0.2, -0.15) is 11.3 Å². The van der Waals surface area contributed by atoms with Gasteiger partial charge in [-0.25, -0.2) is 0 Å². The van der Waals surface area contributed by atoms with Crippen LogP contribution in [0.1, 0.15) is 12.0 Å². The monoisotopic (exact) mass is 307 g/mol. The van der Waals surface area contributed by atoms with Crippen LogP contribution in [-0.2, 0) is 16.0 Å². The van der Waals surface area contributed by atoms with Gasteiger partial charge in [-0.3, -0.25) is 14.5 Å². The van der Waals surface area contributed by atoms with E-state index in [1.807, 2.05) is 28.8 Å². The van der Waals surface area contributed by atoms with Crippen LogP contribution in [0.4, 0.5) is 0 Å². The summed E-state index contributed by atoms with van der Waals surface area (Å²) >= 11 is 1.62. The predicted octanol–water partition coefficient (Wildman–Crippen LogP) is 0.568. The summed E-state index contributed by atoms with van der Waals surface area (Å²) in [7, 11) is 3.68. The molecule has 2 saturated heterocycles. The van der Waals surface area contributed by atoms with E-state index in [2.05, 4.69) is 10.2 Å². The summed E-state index contributed by atoms with van der Waals surface area (Å²) in [5, 5.41) is 6.76. The second-order valence-corrected chi connectivity index (χ2v) is 6.75. The molecule has 3 atom stereocenters. The number of amides is 2. The molecule has 1 aromatic heterocycles. The zero-order valence-electron chi connectivity index (χ0n) is 12.4. The summed E-state index contributed by atoms with van der Waals surface area (Å²) in [5.41, 5.74) is 1.10. The van der Waals surface area contributed by atoms with Gasteiger partial charge in [0.15, 0.2) is 0 Å². The number of hydrogen-bond donors (Lipinski definition) is 1. The van der Waals surface area contributed by atoms with Gasteiger partial charge in [-0.05, 0) is 41.8 Å². The number of nitrogens with one attached hydrogen (secondary N) is 1. The highest BCUT2D eigenvalue weighted by Gasteiger charge is 2.47. The van der Waals surface area contributed by atoms with Crippen LogP contribution >= 0.6 is 11.3 Å². The number of likely N-dealkylation sites (N-methyl/N-ethyl adjacent to an activating group) is 2. The number of fused-ring (bicyclic) bond motifs is 1. The highest BCUT2D eigenvalue weighted by atomic mass is 32.1. The normalized spacial score (nSPS) is 28.7. The number of carbonyl (C=O) groups is 2. The summed E-state index contributed by atoms with van der Waals surface area (Å²) in [6.07, 6.45) is 1.34. The molecule has 0 unspecified atom stereocenters. The summed E-state index contributed by atoms with van der Waals surface area (Å²) in [5.74, 6) is 0.708. The Morgan fingerprint density at radius 1 is 1.43 bits per heavy atom. The molecule has 114 valence electrons. The first-order chi connectivity index (χ1) is 10.1. The van der Waals surface area contributed by atoms with E-state index in [0.29, 0.717) is 18.4 Å². The fourth-order valence-corrected chi connectivity index (χ4v) is 4.24. The Hall–Kier alpha value is -1.40. The Labute approximate surface area is 128 Å². The largest absolute Gasteiger partial charge is 0.358 e. The van der Waals surface area contributed by atoms with Gasteiger partial charge >= 0.3 is 0 Å². The van der Waals surface area contributed by atoms with E-state index in [4.69, 9.17) is 0 Å². The van der Waals surface area contributed by atoms with Crippen molar-refractivity contribution in [2.45, 2.75) is 24.9 Å². The van der Waals surface area contributed by atoms with Crippen molar-refractivity contribution in [3.63, 3.8) is 0 Å². The van der Waals surface area contributed by atoms with Crippen molar-refractivity contribution in [3.05, 3.63) is 22.4 Å². The molecule has 3 heterocycles. The molecule has 3 rings (SSSR count). The van der Waals surface area contributed by atoms with Gasteiger partial charge in [-0.1, -0.05) is 0 Å². The predicted molar refractivity (Wildman–Crippen MR) is 82.1 cm³/mol. The fourth-order valence-electron chi connectivity index (χ4n) is 3.57. The van der Waals surface area contributed by atoms with Crippen molar-refractivity contribution < 1.29 is 9.59 Å². The van der Waals surface area contributed by atoms with Crippen LogP contribution in [0.25, 0.3) is 0 Å². The number of carbonyl (C=O) groups excluding carboxylic acids is 2. The fraction of sp³-hybridized carbons (Fsp3) is 0.600. The molecular formula is C15H21N3O2S. The molecule has 1 aromatic rings. The van der Waals surface area contributed by atoms with E-state index in [-0.39, 0.29) is 17.9 Å². The minimum Gasteiger partial charge on any atom is -0.358 e. The van der Waals surface area contributed by atoms with Gasteiger partial charge in [0.05, 0.1) is 12.5 Å². The first-order valence-corrected chi connectivity index (χ1v) is 8.26. The Morgan fingerprint density at radius 3 is 2.86 bits per heavy atom. The summed E-state index contributed by atoms with van der Waals surface area (Å²) in [6, 6.07) is 2.28. The van der Waals surface area contributed by atoms with Crippen LogP contribution < -0.4 is 5.32 Å². The molecule has 2 aliphatic heterocycles. The molecule has 0 spiro atoms. The van der Waals surface area contributed by atoms with Gasteiger partial charge in [0.1, 0.15) is 0 Å². The van der Waals surface area contributed by atoms with Crippen LogP contribution in [0.2, 0.25) is 0 Å². The third-order valence-corrected chi connectivity index (χ3v) is 5.52. The molecule has 21 heavy (non-hydrogen) atoms. The summed E-state index contributed by atoms with van der Waals surface area (Å²) in [4.78, 5) is 28.3. The second-order valence-electron chi connectivity index (χ2n) is 5.97. The van der Waals surface area contributed by atoms with Crippen LogP contribution in [-0.4, -0.2) is 60.9 Å². The maximum Gasteiger partial charge on any atom is 0.237 e. The summed E-state index contributed by atoms with van der Waals surface area (Å²) in [6.45, 7) is 1.53. The van der Waals surface area contributed by atoms with Crippen molar-refractivity contribution in [1.29, 1.82) is 0 Å². The van der Waals surface area contributed by atoms with E-state index in [9.17, 15) is 9.59 Å². The molecule has 1 N–H and O–H groups in total. The highest BCUT2D eigenvalue weighted by molar-refractivity contribution is 7.07. The number of hydrogen-bond acceptors (Lipinski definition) is 4. The van der Waals surface area contributed by atoms with Crippen molar-refractivity contribution >= 4 is 23.2 Å². The van der Waals surface area contributed by atoms with Gasteiger partial charge < -0.3 is 10.2 Å². The van der Waals surface area contributed by atoms with E-state index >= 15 is 0 Å². The van der Waals surface area contributed by atoms with Crippen molar-refractivity contribution in [2.24, 2.45) is 5.92 Å². The standard InChI is InChI=1S/C15H21N3O2S/c1-16-15(20)12-6-11-7-18(8-13(11)17(12)2)14(19)5-10-3-4-21-9-10/h3-4,9,11-13H,5-8H2,1-2H3,(H,16,20)/t11-,12-,13+/m0/s1. The molecule has 0 radical (unpaired) electrons. The third kappa shape index (κ3) is 2.70. The van der Waals surface area contributed by atoms with E-state index < -0.39 is 0 Å². The molecule has 0 aliphatic carbocycles. The number of nitrogens with zero attached hydrogens (tertiary/aromatic N) is 2. The molecule has 0 saturated carbocycles. The zero-order chi connectivity index (χ0) is 15.0. The third-order valence-electron chi connectivity index (χ3n) is 4.78. The van der Waals surface area contributed by atoms with E-state index in [1.54, 1.807) is 18.4 Å². The highest BCUT2D eigenvalue weighted by Crippen LogP contribution is 2.34. The molecule has 2 aliphatic rings. The lowest BCUT2D eigenvalue weighted by Gasteiger charge is -2.25. The van der Waals surface area contributed by atoms with Gasteiger partial charge in [0.2, 0.25) is 11.8 Å². The molecule has 2 fully saturated rings. The van der Waals surface area contributed by atoms with Gasteiger partial charge in [-0.15, -0.1) is 0 Å². The molecular weight excluding hydrogens is 286 g/mol. The number of likely N-dealkylation sites (tertiary alicyclic amines) is 2. The number of rotatable bonds is 3. The van der Waals surface area contributed by atoms with Gasteiger partial charge in [0, 0.05) is 26.2 Å². The zero-order valence-corrected chi connectivity index (χ0v) is 13.2. The average Bonchev–Trinajstić information content (AvgIpc) is 3.16. The molecule has 6 heteroatoms. The number of thiophene rings is 1. The Morgan fingerprint density at radius 2 is 2.24 bits per heavy atom. The lowest BCUT2D eigenvalue weighted by atomic mass is 10.0. The maximum atomic E-state index is 12.4. The minimum absolute atomic E-state index is 0.0425. The average molecular weight is 307 g/mol. The molecule has 0 aromatic carbocycles. The SMILES string of the molecule is CNC(=O)[C@@H]1C[C@H]2CN(C(=O)Cc3ccsc3)C[C@H]2N1C. The smallest absolute Gasteiger partial charge is 0.237 e. The van der Waals surface area contributed by atoms with E-state index in [1.165, 1.54) is 0 Å². The van der Waals surface area contributed by atoms with Gasteiger partial charge in [0.25, 0.3) is 0 Å². The molecule has 5 nitrogen and oxygen atoms in total. The van der Waals surface area contributed by atoms with Crippen molar-refractivity contribution in [3.8, 4) is 0 Å². The summed E-state index contributed by atoms with van der Waals surface area (Å²) < 4.78 is 0. The molecule has 2 amide bonds. The first kappa shape index (κ1) is 14.5. The van der Waals surface area contributed by atoms with Crippen molar-refractivity contribution in [1.82, 2.24) is 15.1 Å². The second kappa shape index (κ2) is 5.77. The van der Waals surface area contributed by atoms with Crippen LogP contribution in [0.5, 0.6) is 0 Å². The van der Waals surface area contributed by atoms with Crippen molar-refractivity contribution in [2.75, 3.05) is 27.2 Å². The topological polar surface area (TPSA) is 52.7 Å². The Kier molecular flexibility index (Phi) is 3.99. The quantitative estimate of drug-likeness (QED) is 0.888. The maximum absolute atomic E-state index is 12.4. The minimum atomic E-state index is -0.0425. The lowest BCUT2D eigenvalue weighted by Crippen LogP contribution is -2.45. The first-order valence-electron chi connectivity index (χ1n) is 7.32. The van der Waals surface area contributed by atoms with Crippen LogP contribution in [0, 0.1) is 5.92 Å².